The number of hydrogen-bond donors (Lipinski definition) is 2. The topological polar surface area (TPSA) is 53.0 Å². The predicted octanol–water partition coefficient (Wildman–Crippen LogP) is 2.52. The van der Waals surface area contributed by atoms with Gasteiger partial charge in [0.15, 0.2) is 0 Å². The summed E-state index contributed by atoms with van der Waals surface area (Å²) in [6, 6.07) is 0. The van der Waals surface area contributed by atoms with E-state index in [-0.39, 0.29) is 29.1 Å². The minimum absolute atomic E-state index is 0.0333. The quantitative estimate of drug-likeness (QED) is 0.574. The first-order valence-electron chi connectivity index (χ1n) is 6.82. The first-order valence-corrected chi connectivity index (χ1v) is 7.61. The van der Waals surface area contributed by atoms with E-state index < -0.39 is 6.10 Å². The van der Waals surface area contributed by atoms with Gasteiger partial charge in [-0.3, -0.25) is 0 Å². The molecule has 19 heavy (non-hydrogen) atoms. The zero-order valence-corrected chi connectivity index (χ0v) is 13.2. The molecule has 1 fully saturated rings. The highest BCUT2D eigenvalue weighted by atomic mass is 79.9. The summed E-state index contributed by atoms with van der Waals surface area (Å²) in [5, 5.41) is 20.1. The number of aliphatic hydroxyl groups excluding tert-OH is 2. The van der Waals surface area contributed by atoms with Crippen LogP contribution in [0.2, 0.25) is 0 Å². The van der Waals surface area contributed by atoms with Gasteiger partial charge in [0.2, 0.25) is 0 Å². The summed E-state index contributed by atoms with van der Waals surface area (Å²) in [4.78, 5) is 0. The number of fused-ring (bicyclic) bond motifs is 2. The van der Waals surface area contributed by atoms with Gasteiger partial charge >= 0.3 is 0 Å². The average Bonchev–Trinajstić information content (AvgIpc) is 3.00. The van der Waals surface area contributed by atoms with E-state index in [1.165, 1.54) is 0 Å². The lowest BCUT2D eigenvalue weighted by Gasteiger charge is -2.55. The molecule has 1 heterocycles. The van der Waals surface area contributed by atoms with E-state index in [1.807, 2.05) is 0 Å². The Balaban J connectivity index is 2.12. The number of ether oxygens (including phenoxy) is 1. The predicted molar refractivity (Wildman–Crippen MR) is 76.9 cm³/mol. The maximum absolute atomic E-state index is 10.8. The second-order valence-electron chi connectivity index (χ2n) is 6.70. The molecular formula is C15H21BrO3. The SMILES string of the molecule is CC1(C)C(Br)=C[C@H]2O[C@@]2(C)[C@]12CC=C(CO)C[C@@H]2O. The van der Waals surface area contributed by atoms with Crippen molar-refractivity contribution in [3.8, 4) is 0 Å². The molecule has 0 unspecified atom stereocenters. The number of allylic oxidation sites excluding steroid dienone is 2. The summed E-state index contributed by atoms with van der Waals surface area (Å²) < 4.78 is 7.06. The van der Waals surface area contributed by atoms with Crippen LogP contribution >= 0.6 is 15.9 Å². The Morgan fingerprint density at radius 1 is 1.42 bits per heavy atom. The minimum atomic E-state index is -0.495. The molecule has 0 aromatic carbocycles. The summed E-state index contributed by atoms with van der Waals surface area (Å²) in [6.45, 7) is 6.47. The molecule has 0 amide bonds. The third-order valence-electron chi connectivity index (χ3n) is 5.69. The molecule has 1 saturated heterocycles. The second-order valence-corrected chi connectivity index (χ2v) is 7.56. The molecule has 2 N–H and O–H groups in total. The number of halogens is 1. The monoisotopic (exact) mass is 328 g/mol. The molecule has 3 aliphatic rings. The van der Waals surface area contributed by atoms with Crippen molar-refractivity contribution in [3.63, 3.8) is 0 Å². The van der Waals surface area contributed by atoms with Crippen molar-refractivity contribution in [2.45, 2.75) is 51.4 Å². The molecule has 3 nitrogen and oxygen atoms in total. The van der Waals surface area contributed by atoms with Crippen LogP contribution in [0.25, 0.3) is 0 Å². The van der Waals surface area contributed by atoms with E-state index in [0.29, 0.717) is 6.42 Å². The lowest BCUT2D eigenvalue weighted by Crippen LogP contribution is -2.59. The molecular weight excluding hydrogens is 308 g/mol. The molecule has 0 aromatic rings. The number of hydrogen-bond acceptors (Lipinski definition) is 3. The molecule has 4 heteroatoms. The highest BCUT2D eigenvalue weighted by Gasteiger charge is 2.74. The van der Waals surface area contributed by atoms with Crippen LogP contribution in [0.4, 0.5) is 0 Å². The minimum Gasteiger partial charge on any atom is -0.392 e. The Bertz CT molecular complexity index is 482. The van der Waals surface area contributed by atoms with Gasteiger partial charge in [0.1, 0.15) is 11.7 Å². The molecule has 106 valence electrons. The summed E-state index contributed by atoms with van der Waals surface area (Å²) in [6.07, 6.45) is 5.09. The third kappa shape index (κ3) is 1.49. The van der Waals surface area contributed by atoms with E-state index in [1.54, 1.807) is 0 Å². The van der Waals surface area contributed by atoms with Crippen molar-refractivity contribution in [1.82, 2.24) is 0 Å². The molecule has 0 aromatic heterocycles. The van der Waals surface area contributed by atoms with E-state index in [0.717, 1.165) is 16.5 Å². The Morgan fingerprint density at radius 3 is 2.68 bits per heavy atom. The van der Waals surface area contributed by atoms with Crippen molar-refractivity contribution < 1.29 is 14.9 Å². The van der Waals surface area contributed by atoms with E-state index in [4.69, 9.17) is 4.74 Å². The maximum atomic E-state index is 10.8. The molecule has 0 radical (unpaired) electrons. The molecule has 2 aliphatic carbocycles. The molecule has 3 rings (SSSR count). The van der Waals surface area contributed by atoms with Gasteiger partial charge < -0.3 is 14.9 Å². The van der Waals surface area contributed by atoms with Crippen LogP contribution < -0.4 is 0 Å². The smallest absolute Gasteiger partial charge is 0.107 e. The summed E-state index contributed by atoms with van der Waals surface area (Å²) in [5.41, 5.74) is 0.105. The lowest BCUT2D eigenvalue weighted by molar-refractivity contribution is -0.0989. The van der Waals surface area contributed by atoms with Gasteiger partial charge in [-0.25, -0.2) is 0 Å². The normalized spacial score (nSPS) is 47.5. The van der Waals surface area contributed by atoms with Crippen LogP contribution in [-0.2, 0) is 4.74 Å². The van der Waals surface area contributed by atoms with Crippen LogP contribution in [0, 0.1) is 10.8 Å². The Hall–Kier alpha value is -0.160. The fraction of sp³-hybridized carbons (Fsp3) is 0.733. The fourth-order valence-electron chi connectivity index (χ4n) is 4.24. The first kappa shape index (κ1) is 13.8. The van der Waals surface area contributed by atoms with Gasteiger partial charge in [-0.1, -0.05) is 35.9 Å². The van der Waals surface area contributed by atoms with Gasteiger partial charge in [0.05, 0.1) is 12.7 Å². The third-order valence-corrected chi connectivity index (χ3v) is 6.95. The molecule has 1 aliphatic heterocycles. The zero-order valence-electron chi connectivity index (χ0n) is 11.6. The summed E-state index contributed by atoms with van der Waals surface area (Å²) in [5.74, 6) is 0. The molecule has 0 saturated carbocycles. The standard InChI is InChI=1S/C15H21BrO3/c1-13(2)10(16)7-12-14(3,19-12)15(13)5-4-9(8-17)6-11(15)18/h4,7,11-12,17-18H,5-6,8H2,1-3H3/t11-,12+,14+,15-/m0/s1. The second kappa shape index (κ2) is 3.94. The van der Waals surface area contributed by atoms with E-state index in [9.17, 15) is 10.2 Å². The fourth-order valence-corrected chi connectivity index (χ4v) is 4.83. The Morgan fingerprint density at radius 2 is 2.11 bits per heavy atom. The largest absolute Gasteiger partial charge is 0.392 e. The number of epoxide rings is 1. The summed E-state index contributed by atoms with van der Waals surface area (Å²) in [7, 11) is 0. The van der Waals surface area contributed by atoms with Crippen LogP contribution in [-0.4, -0.2) is 34.6 Å². The van der Waals surface area contributed by atoms with Crippen molar-refractivity contribution in [3.05, 3.63) is 22.2 Å². The van der Waals surface area contributed by atoms with E-state index >= 15 is 0 Å². The molecule has 0 bridgehead atoms. The zero-order chi connectivity index (χ0) is 14.1. The molecule has 4 atom stereocenters. The van der Waals surface area contributed by atoms with Crippen molar-refractivity contribution >= 4 is 15.9 Å². The Kier molecular flexibility index (Phi) is 2.86. The van der Waals surface area contributed by atoms with Crippen molar-refractivity contribution in [1.29, 1.82) is 0 Å². The highest BCUT2D eigenvalue weighted by Crippen LogP contribution is 2.70. The van der Waals surface area contributed by atoms with Gasteiger partial charge in [0.25, 0.3) is 0 Å². The Labute approximate surface area is 122 Å². The van der Waals surface area contributed by atoms with E-state index in [2.05, 4.69) is 48.9 Å². The van der Waals surface area contributed by atoms with Gasteiger partial charge in [-0.2, -0.15) is 0 Å². The van der Waals surface area contributed by atoms with Crippen molar-refractivity contribution in [2.24, 2.45) is 10.8 Å². The maximum Gasteiger partial charge on any atom is 0.107 e. The van der Waals surface area contributed by atoms with Gasteiger partial charge in [-0.05, 0) is 31.4 Å². The van der Waals surface area contributed by atoms with Crippen molar-refractivity contribution in [2.75, 3.05) is 6.61 Å². The van der Waals surface area contributed by atoms with Crippen LogP contribution in [0.3, 0.4) is 0 Å². The highest BCUT2D eigenvalue weighted by molar-refractivity contribution is 9.11. The number of rotatable bonds is 1. The average molecular weight is 329 g/mol. The van der Waals surface area contributed by atoms with Crippen LogP contribution in [0.15, 0.2) is 22.2 Å². The molecule has 1 spiro atoms. The van der Waals surface area contributed by atoms with Gasteiger partial charge in [0, 0.05) is 15.3 Å². The summed E-state index contributed by atoms with van der Waals surface area (Å²) >= 11 is 3.67. The van der Waals surface area contributed by atoms with Gasteiger partial charge in [-0.15, -0.1) is 0 Å². The number of aliphatic hydroxyl groups is 2. The van der Waals surface area contributed by atoms with Crippen LogP contribution in [0.1, 0.15) is 33.6 Å². The van der Waals surface area contributed by atoms with Crippen LogP contribution in [0.5, 0.6) is 0 Å². The lowest BCUT2D eigenvalue weighted by atomic mass is 9.49. The first-order chi connectivity index (χ1) is 8.79.